The van der Waals surface area contributed by atoms with Crippen LogP contribution in [0.1, 0.15) is 12.0 Å². The lowest BCUT2D eigenvalue weighted by Crippen LogP contribution is -2.47. The minimum Gasteiger partial charge on any atom is -0.387 e. The van der Waals surface area contributed by atoms with Gasteiger partial charge in [-0.25, -0.2) is 0 Å². The van der Waals surface area contributed by atoms with Gasteiger partial charge in [0.1, 0.15) is 0 Å². The highest BCUT2D eigenvalue weighted by atomic mass is 127. The van der Waals surface area contributed by atoms with Crippen LogP contribution in [0.25, 0.3) is 0 Å². The summed E-state index contributed by atoms with van der Waals surface area (Å²) in [6, 6.07) is 8.17. The molecule has 22 heavy (non-hydrogen) atoms. The molecule has 1 aliphatic rings. The van der Waals surface area contributed by atoms with Crippen LogP contribution in [-0.2, 0) is 6.54 Å². The fourth-order valence-electron chi connectivity index (χ4n) is 2.32. The van der Waals surface area contributed by atoms with Gasteiger partial charge in [-0.3, -0.25) is 4.99 Å². The summed E-state index contributed by atoms with van der Waals surface area (Å²) in [4.78, 5) is 6.37. The Labute approximate surface area is 162 Å². The minimum atomic E-state index is -0.602. The van der Waals surface area contributed by atoms with E-state index in [1.165, 1.54) is 5.56 Å². The zero-order chi connectivity index (χ0) is 15.3. The number of thioether (sulfide) groups is 1. The number of halogens is 2. The van der Waals surface area contributed by atoms with E-state index in [2.05, 4.69) is 37.2 Å². The van der Waals surface area contributed by atoms with Gasteiger partial charge in [-0.05, 0) is 23.8 Å². The zero-order valence-corrected chi connectivity index (χ0v) is 17.6. The number of benzene rings is 1. The molecule has 1 aromatic carbocycles. The molecule has 1 heterocycles. The Morgan fingerprint density at radius 1 is 1.50 bits per heavy atom. The van der Waals surface area contributed by atoms with Crippen LogP contribution in [-0.4, -0.2) is 53.7 Å². The molecular formula is C15H23BrIN3OS. The molecule has 0 bridgehead atoms. The van der Waals surface area contributed by atoms with Crippen LogP contribution in [0.5, 0.6) is 0 Å². The van der Waals surface area contributed by atoms with E-state index in [1.54, 1.807) is 18.8 Å². The Kier molecular flexibility index (Phi) is 8.52. The maximum Gasteiger partial charge on any atom is 0.193 e. The number of guanidine groups is 1. The van der Waals surface area contributed by atoms with Crippen molar-refractivity contribution in [3.63, 3.8) is 0 Å². The Morgan fingerprint density at radius 2 is 2.23 bits per heavy atom. The fourth-order valence-corrected chi connectivity index (χ4v) is 4.03. The molecule has 0 radical (unpaired) electrons. The Morgan fingerprint density at radius 3 is 2.82 bits per heavy atom. The topological polar surface area (TPSA) is 47.9 Å². The van der Waals surface area contributed by atoms with Crippen LogP contribution in [0.4, 0.5) is 0 Å². The summed E-state index contributed by atoms with van der Waals surface area (Å²) in [5.41, 5.74) is 0.604. The molecule has 2 N–H and O–H groups in total. The summed E-state index contributed by atoms with van der Waals surface area (Å²) in [6.07, 6.45) is 0.843. The Balaban J connectivity index is 0.00000242. The van der Waals surface area contributed by atoms with Crippen LogP contribution in [0, 0.1) is 0 Å². The standard InChI is InChI=1S/C15H22BrN3OS.HI/c1-17-14(18-10-15(20)7-8-21-11-15)19(2)9-12-5-3-4-6-13(12)16;/h3-6,20H,7-11H2,1-2H3,(H,17,18);1H. The second-order valence-corrected chi connectivity index (χ2v) is 7.33. The van der Waals surface area contributed by atoms with E-state index < -0.39 is 5.60 Å². The highest BCUT2D eigenvalue weighted by molar-refractivity contribution is 14.0. The van der Waals surface area contributed by atoms with Crippen LogP contribution >= 0.6 is 51.7 Å². The van der Waals surface area contributed by atoms with Crippen molar-refractivity contribution in [2.75, 3.05) is 32.1 Å². The number of rotatable bonds is 4. The number of hydrogen-bond acceptors (Lipinski definition) is 3. The van der Waals surface area contributed by atoms with Crippen molar-refractivity contribution in [3.05, 3.63) is 34.3 Å². The lowest BCUT2D eigenvalue weighted by Gasteiger charge is -2.27. The van der Waals surface area contributed by atoms with E-state index >= 15 is 0 Å². The van der Waals surface area contributed by atoms with Gasteiger partial charge < -0.3 is 15.3 Å². The predicted molar refractivity (Wildman–Crippen MR) is 109 cm³/mol. The quantitative estimate of drug-likeness (QED) is 0.380. The second-order valence-electron chi connectivity index (χ2n) is 5.38. The molecule has 0 aromatic heterocycles. The van der Waals surface area contributed by atoms with Crippen LogP contribution < -0.4 is 5.32 Å². The van der Waals surface area contributed by atoms with E-state index in [9.17, 15) is 5.11 Å². The lowest BCUT2D eigenvalue weighted by molar-refractivity contribution is 0.0718. The Bertz CT molecular complexity index is 509. The van der Waals surface area contributed by atoms with Crippen LogP contribution in [0.2, 0.25) is 0 Å². The van der Waals surface area contributed by atoms with Gasteiger partial charge in [-0.2, -0.15) is 11.8 Å². The average molecular weight is 500 g/mol. The maximum absolute atomic E-state index is 10.4. The molecule has 0 spiro atoms. The SMILES string of the molecule is CN=C(NCC1(O)CCSC1)N(C)Cc1ccccc1Br.I. The molecule has 1 saturated heterocycles. The number of aliphatic hydroxyl groups is 1. The average Bonchev–Trinajstić information content (AvgIpc) is 2.89. The van der Waals surface area contributed by atoms with E-state index in [1.807, 2.05) is 25.2 Å². The van der Waals surface area contributed by atoms with Crippen LogP contribution in [0.15, 0.2) is 33.7 Å². The number of hydrogen-bond donors (Lipinski definition) is 2. The van der Waals surface area contributed by atoms with Crippen molar-refractivity contribution < 1.29 is 5.11 Å². The fraction of sp³-hybridized carbons (Fsp3) is 0.533. The molecule has 4 nitrogen and oxygen atoms in total. The first-order chi connectivity index (χ1) is 10.0. The summed E-state index contributed by atoms with van der Waals surface area (Å²) < 4.78 is 1.10. The summed E-state index contributed by atoms with van der Waals surface area (Å²) >= 11 is 5.37. The maximum atomic E-state index is 10.4. The van der Waals surface area contributed by atoms with Gasteiger partial charge in [-0.1, -0.05) is 34.1 Å². The molecule has 1 aliphatic heterocycles. The predicted octanol–water partition coefficient (Wildman–Crippen LogP) is 2.94. The van der Waals surface area contributed by atoms with E-state index in [0.29, 0.717) is 6.54 Å². The second kappa shape index (κ2) is 9.34. The summed E-state index contributed by atoms with van der Waals surface area (Å²) in [5, 5.41) is 13.7. The van der Waals surface area contributed by atoms with Crippen molar-refractivity contribution in [2.24, 2.45) is 4.99 Å². The van der Waals surface area contributed by atoms with E-state index in [0.717, 1.165) is 34.9 Å². The highest BCUT2D eigenvalue weighted by Crippen LogP contribution is 2.27. The monoisotopic (exact) mass is 499 g/mol. The largest absolute Gasteiger partial charge is 0.387 e. The van der Waals surface area contributed by atoms with Crippen molar-refractivity contribution in [1.29, 1.82) is 0 Å². The summed E-state index contributed by atoms with van der Waals surface area (Å²) in [5.74, 6) is 2.63. The molecule has 0 aliphatic carbocycles. The third kappa shape index (κ3) is 5.58. The molecule has 124 valence electrons. The van der Waals surface area contributed by atoms with Gasteiger partial charge in [0.05, 0.1) is 5.60 Å². The minimum absolute atomic E-state index is 0. The number of nitrogens with one attached hydrogen (secondary N) is 1. The first-order valence-electron chi connectivity index (χ1n) is 6.99. The van der Waals surface area contributed by atoms with Gasteiger partial charge in [0.15, 0.2) is 5.96 Å². The number of aliphatic imine (C=N–C) groups is 1. The van der Waals surface area contributed by atoms with Crippen molar-refractivity contribution in [1.82, 2.24) is 10.2 Å². The van der Waals surface area contributed by atoms with Gasteiger partial charge in [-0.15, -0.1) is 24.0 Å². The first kappa shape index (κ1) is 20.1. The van der Waals surface area contributed by atoms with E-state index in [-0.39, 0.29) is 24.0 Å². The molecule has 1 unspecified atom stereocenters. The first-order valence-corrected chi connectivity index (χ1v) is 8.94. The third-order valence-electron chi connectivity index (χ3n) is 3.60. The van der Waals surface area contributed by atoms with Gasteiger partial charge in [0.25, 0.3) is 0 Å². The Hall–Kier alpha value is 0.01000. The lowest BCUT2D eigenvalue weighted by atomic mass is 10.0. The van der Waals surface area contributed by atoms with Gasteiger partial charge in [0.2, 0.25) is 0 Å². The molecule has 1 aromatic rings. The smallest absolute Gasteiger partial charge is 0.193 e. The molecule has 0 saturated carbocycles. The molecular weight excluding hydrogens is 477 g/mol. The van der Waals surface area contributed by atoms with Crippen LogP contribution in [0.3, 0.4) is 0 Å². The summed E-state index contributed by atoms with van der Waals surface area (Å²) in [6.45, 7) is 1.31. The molecule has 2 rings (SSSR count). The third-order valence-corrected chi connectivity index (χ3v) is 5.60. The molecule has 1 atom stereocenters. The summed E-state index contributed by atoms with van der Waals surface area (Å²) in [7, 11) is 3.77. The molecule has 1 fully saturated rings. The highest BCUT2D eigenvalue weighted by Gasteiger charge is 2.31. The van der Waals surface area contributed by atoms with Crippen molar-refractivity contribution in [3.8, 4) is 0 Å². The molecule has 7 heteroatoms. The van der Waals surface area contributed by atoms with Crippen molar-refractivity contribution >= 4 is 57.6 Å². The van der Waals surface area contributed by atoms with Crippen molar-refractivity contribution in [2.45, 2.75) is 18.6 Å². The zero-order valence-electron chi connectivity index (χ0n) is 12.9. The molecule has 0 amide bonds. The van der Waals surface area contributed by atoms with Gasteiger partial charge >= 0.3 is 0 Å². The van der Waals surface area contributed by atoms with E-state index in [4.69, 9.17) is 0 Å². The normalized spacial score (nSPS) is 21.4. The van der Waals surface area contributed by atoms with Gasteiger partial charge in [0, 0.05) is 37.4 Å². The number of nitrogens with zero attached hydrogens (tertiary/aromatic N) is 2.